The van der Waals surface area contributed by atoms with Crippen molar-refractivity contribution in [3.05, 3.63) is 39.9 Å². The van der Waals surface area contributed by atoms with Crippen molar-refractivity contribution in [1.29, 1.82) is 0 Å². The van der Waals surface area contributed by atoms with Crippen molar-refractivity contribution in [3.8, 4) is 0 Å². The molecule has 2 atom stereocenters. The second-order valence-electron chi connectivity index (χ2n) is 4.21. The van der Waals surface area contributed by atoms with Gasteiger partial charge in [-0.25, -0.2) is 0 Å². The minimum Gasteiger partial charge on any atom is -0.389 e. The Hall–Kier alpha value is -1.50. The van der Waals surface area contributed by atoms with Gasteiger partial charge in [-0.1, -0.05) is 18.2 Å². The molecule has 2 rings (SSSR count). The molecule has 0 radical (unpaired) electrons. The lowest BCUT2D eigenvalue weighted by Crippen LogP contribution is -2.22. The maximum Gasteiger partial charge on any atom is 0.273 e. The van der Waals surface area contributed by atoms with Crippen molar-refractivity contribution in [1.82, 2.24) is 4.90 Å². The number of hydrogen-bond donors (Lipinski definition) is 2. The number of nitrogens with zero attached hydrogens (tertiary/aromatic N) is 2. The molecular formula is C11H14N2O4. The molecule has 6 heteroatoms. The van der Waals surface area contributed by atoms with E-state index in [1.807, 2.05) is 0 Å². The molecule has 92 valence electrons. The number of nitro benzene ring substituents is 1. The van der Waals surface area contributed by atoms with Gasteiger partial charge in [-0.15, -0.1) is 0 Å². The van der Waals surface area contributed by atoms with Crippen molar-refractivity contribution in [2.24, 2.45) is 0 Å². The van der Waals surface area contributed by atoms with Gasteiger partial charge in [0.25, 0.3) is 5.69 Å². The van der Waals surface area contributed by atoms with Crippen LogP contribution in [-0.2, 0) is 6.54 Å². The number of para-hydroxylation sites is 1. The zero-order valence-corrected chi connectivity index (χ0v) is 9.19. The van der Waals surface area contributed by atoms with Gasteiger partial charge in [-0.05, 0) is 0 Å². The molecule has 1 heterocycles. The highest BCUT2D eigenvalue weighted by Crippen LogP contribution is 2.21. The zero-order valence-electron chi connectivity index (χ0n) is 9.19. The molecule has 1 fully saturated rings. The highest BCUT2D eigenvalue weighted by atomic mass is 16.6. The molecule has 1 aromatic rings. The molecule has 0 bridgehead atoms. The maximum absolute atomic E-state index is 10.8. The Morgan fingerprint density at radius 3 is 2.47 bits per heavy atom. The molecular weight excluding hydrogens is 224 g/mol. The summed E-state index contributed by atoms with van der Waals surface area (Å²) in [7, 11) is 0. The third-order valence-corrected chi connectivity index (χ3v) is 2.92. The number of benzene rings is 1. The summed E-state index contributed by atoms with van der Waals surface area (Å²) in [5.74, 6) is 0. The van der Waals surface area contributed by atoms with E-state index in [1.54, 1.807) is 23.1 Å². The van der Waals surface area contributed by atoms with E-state index in [1.165, 1.54) is 6.07 Å². The number of hydrogen-bond acceptors (Lipinski definition) is 5. The molecule has 6 nitrogen and oxygen atoms in total. The number of β-amino-alcohol motifs (C(OH)–C–C–N with tert-alkyl or cyclic N) is 2. The van der Waals surface area contributed by atoms with Crippen LogP contribution in [0.2, 0.25) is 0 Å². The first-order chi connectivity index (χ1) is 8.08. The molecule has 0 aromatic heterocycles. The lowest BCUT2D eigenvalue weighted by Gasteiger charge is -2.14. The summed E-state index contributed by atoms with van der Waals surface area (Å²) in [4.78, 5) is 12.2. The van der Waals surface area contributed by atoms with E-state index in [0.717, 1.165) is 0 Å². The van der Waals surface area contributed by atoms with Crippen LogP contribution in [0.5, 0.6) is 0 Å². The molecule has 1 aliphatic heterocycles. The fourth-order valence-electron chi connectivity index (χ4n) is 2.04. The molecule has 17 heavy (non-hydrogen) atoms. The Morgan fingerprint density at radius 2 is 1.88 bits per heavy atom. The minimum absolute atomic E-state index is 0.0726. The van der Waals surface area contributed by atoms with E-state index in [9.17, 15) is 20.3 Å². The molecule has 0 saturated carbocycles. The fraction of sp³-hybridized carbons (Fsp3) is 0.455. The van der Waals surface area contributed by atoms with Gasteiger partial charge < -0.3 is 10.2 Å². The summed E-state index contributed by atoms with van der Waals surface area (Å²) < 4.78 is 0. The lowest BCUT2D eigenvalue weighted by atomic mass is 10.1. The Balaban J connectivity index is 2.11. The Bertz CT molecular complexity index is 414. The first-order valence-corrected chi connectivity index (χ1v) is 5.38. The number of aliphatic hydroxyl groups excluding tert-OH is 2. The van der Waals surface area contributed by atoms with Crippen LogP contribution in [-0.4, -0.2) is 45.3 Å². The van der Waals surface area contributed by atoms with Gasteiger partial charge in [-0.3, -0.25) is 15.0 Å². The van der Waals surface area contributed by atoms with Crippen molar-refractivity contribution < 1.29 is 15.1 Å². The summed E-state index contributed by atoms with van der Waals surface area (Å²) >= 11 is 0. The molecule has 2 N–H and O–H groups in total. The van der Waals surface area contributed by atoms with Gasteiger partial charge >= 0.3 is 0 Å². The van der Waals surface area contributed by atoms with Crippen molar-refractivity contribution in [3.63, 3.8) is 0 Å². The summed E-state index contributed by atoms with van der Waals surface area (Å²) in [6.45, 7) is 1.05. The van der Waals surface area contributed by atoms with E-state index in [4.69, 9.17) is 0 Å². The van der Waals surface area contributed by atoms with E-state index in [0.29, 0.717) is 25.2 Å². The summed E-state index contributed by atoms with van der Waals surface area (Å²) in [5.41, 5.74) is 0.669. The van der Waals surface area contributed by atoms with Crippen LogP contribution in [0.1, 0.15) is 5.56 Å². The number of nitro groups is 1. The van der Waals surface area contributed by atoms with Crippen LogP contribution in [0, 0.1) is 10.1 Å². The van der Waals surface area contributed by atoms with Gasteiger partial charge in [0.05, 0.1) is 17.1 Å². The second-order valence-corrected chi connectivity index (χ2v) is 4.21. The predicted octanol–water partition coefficient (Wildman–Crippen LogP) is 0.132. The van der Waals surface area contributed by atoms with Crippen LogP contribution in [0.15, 0.2) is 24.3 Å². The first-order valence-electron chi connectivity index (χ1n) is 5.38. The highest BCUT2D eigenvalue weighted by molar-refractivity contribution is 5.39. The monoisotopic (exact) mass is 238 g/mol. The Kier molecular flexibility index (Phi) is 3.37. The van der Waals surface area contributed by atoms with E-state index < -0.39 is 17.1 Å². The average Bonchev–Trinajstić information content (AvgIpc) is 2.58. The van der Waals surface area contributed by atoms with Gasteiger partial charge in [0, 0.05) is 31.3 Å². The van der Waals surface area contributed by atoms with Crippen molar-refractivity contribution in [2.45, 2.75) is 18.8 Å². The molecule has 0 spiro atoms. The van der Waals surface area contributed by atoms with Gasteiger partial charge in [0.2, 0.25) is 0 Å². The summed E-state index contributed by atoms with van der Waals surface area (Å²) in [5, 5.41) is 29.6. The van der Waals surface area contributed by atoms with Crippen LogP contribution in [0.4, 0.5) is 5.69 Å². The minimum atomic E-state index is -0.766. The number of likely N-dealkylation sites (tertiary alicyclic amines) is 1. The number of rotatable bonds is 3. The largest absolute Gasteiger partial charge is 0.389 e. The van der Waals surface area contributed by atoms with Crippen LogP contribution >= 0.6 is 0 Å². The molecule has 1 aromatic carbocycles. The van der Waals surface area contributed by atoms with E-state index in [2.05, 4.69) is 0 Å². The average molecular weight is 238 g/mol. The normalized spacial score (nSPS) is 25.1. The number of aliphatic hydroxyl groups is 2. The quantitative estimate of drug-likeness (QED) is 0.577. The lowest BCUT2D eigenvalue weighted by molar-refractivity contribution is -0.385. The third-order valence-electron chi connectivity index (χ3n) is 2.92. The Morgan fingerprint density at radius 1 is 1.29 bits per heavy atom. The standard InChI is InChI=1S/C11H14N2O4/c14-10-6-12(7-11(10)15)5-8-3-1-2-4-9(8)13(16)17/h1-4,10-11,14-15H,5-7H2/t10-,11+. The van der Waals surface area contributed by atoms with Crippen LogP contribution in [0.25, 0.3) is 0 Å². The van der Waals surface area contributed by atoms with E-state index in [-0.39, 0.29) is 5.69 Å². The molecule has 0 unspecified atom stereocenters. The smallest absolute Gasteiger partial charge is 0.273 e. The predicted molar refractivity (Wildman–Crippen MR) is 60.4 cm³/mol. The van der Waals surface area contributed by atoms with Gasteiger partial charge in [0.15, 0.2) is 0 Å². The molecule has 0 amide bonds. The fourth-order valence-corrected chi connectivity index (χ4v) is 2.04. The van der Waals surface area contributed by atoms with Crippen molar-refractivity contribution >= 4 is 5.69 Å². The van der Waals surface area contributed by atoms with Crippen LogP contribution in [0.3, 0.4) is 0 Å². The molecule has 1 aliphatic rings. The Labute approximate surface area is 98.3 Å². The maximum atomic E-state index is 10.8. The molecule has 0 aliphatic carbocycles. The first kappa shape index (κ1) is 12.0. The third kappa shape index (κ3) is 2.60. The zero-order chi connectivity index (χ0) is 12.4. The second kappa shape index (κ2) is 4.79. The van der Waals surface area contributed by atoms with Crippen LogP contribution < -0.4 is 0 Å². The molecule has 1 saturated heterocycles. The summed E-state index contributed by atoms with van der Waals surface area (Å²) in [6.07, 6.45) is -1.53. The van der Waals surface area contributed by atoms with E-state index >= 15 is 0 Å². The topological polar surface area (TPSA) is 86.8 Å². The SMILES string of the molecule is O=[N+]([O-])c1ccccc1CN1C[C@@H](O)[C@@H](O)C1. The van der Waals surface area contributed by atoms with Gasteiger partial charge in [-0.2, -0.15) is 0 Å². The highest BCUT2D eigenvalue weighted by Gasteiger charge is 2.30. The summed E-state index contributed by atoms with van der Waals surface area (Å²) in [6, 6.07) is 6.51. The van der Waals surface area contributed by atoms with Gasteiger partial charge in [0.1, 0.15) is 0 Å². The van der Waals surface area contributed by atoms with Crippen molar-refractivity contribution in [2.75, 3.05) is 13.1 Å².